The highest BCUT2D eigenvalue weighted by Crippen LogP contribution is 2.42. The predicted molar refractivity (Wildman–Crippen MR) is 79.5 cm³/mol. The average molecular weight is 301 g/mol. The van der Waals surface area contributed by atoms with Gasteiger partial charge in [0.15, 0.2) is 0 Å². The number of hydrogen-bond donors (Lipinski definition) is 1. The van der Waals surface area contributed by atoms with Gasteiger partial charge in [0.1, 0.15) is 6.10 Å². The first-order valence-corrected chi connectivity index (χ1v) is 7.88. The molecule has 1 fully saturated rings. The van der Waals surface area contributed by atoms with Gasteiger partial charge in [-0.05, 0) is 56.1 Å². The third-order valence-electron chi connectivity index (χ3n) is 4.57. The number of pyridine rings is 1. The van der Waals surface area contributed by atoms with Crippen molar-refractivity contribution in [2.75, 3.05) is 7.11 Å². The molecule has 2 aliphatic rings. The summed E-state index contributed by atoms with van der Waals surface area (Å²) in [6.07, 6.45) is 6.31. The van der Waals surface area contributed by atoms with Crippen molar-refractivity contribution in [1.82, 2.24) is 15.1 Å². The number of H-pyrrole nitrogens is 1. The van der Waals surface area contributed by atoms with Crippen LogP contribution in [0.3, 0.4) is 0 Å². The summed E-state index contributed by atoms with van der Waals surface area (Å²) in [6.45, 7) is 0. The van der Waals surface area contributed by atoms with Crippen LogP contribution in [-0.4, -0.2) is 22.2 Å². The fourth-order valence-electron chi connectivity index (χ4n) is 3.20. The summed E-state index contributed by atoms with van der Waals surface area (Å²) < 4.78 is 10.8. The van der Waals surface area contributed by atoms with E-state index in [0.717, 1.165) is 44.2 Å². The molecule has 2 heterocycles. The topological polar surface area (TPSA) is 81.0 Å². The molecule has 0 bridgehead atoms. The molecule has 0 saturated heterocycles. The molecule has 2 aromatic heterocycles. The first-order valence-electron chi connectivity index (χ1n) is 7.88. The Kier molecular flexibility index (Phi) is 3.33. The highest BCUT2D eigenvalue weighted by atomic mass is 16.5. The Balaban J connectivity index is 1.70. The van der Waals surface area contributed by atoms with Crippen molar-refractivity contribution in [3.63, 3.8) is 0 Å². The fraction of sp³-hybridized carbons (Fsp3) is 0.562. The van der Waals surface area contributed by atoms with Crippen LogP contribution < -0.4 is 5.56 Å². The van der Waals surface area contributed by atoms with Gasteiger partial charge in [0.05, 0.1) is 5.56 Å². The molecule has 0 spiro atoms. The van der Waals surface area contributed by atoms with Gasteiger partial charge in [-0.25, -0.2) is 0 Å². The number of fused-ring (bicyclic) bond motifs is 1. The van der Waals surface area contributed by atoms with Crippen molar-refractivity contribution in [2.24, 2.45) is 5.92 Å². The van der Waals surface area contributed by atoms with Crippen molar-refractivity contribution in [3.8, 4) is 11.4 Å². The molecule has 22 heavy (non-hydrogen) atoms. The number of aromatic nitrogens is 3. The van der Waals surface area contributed by atoms with E-state index in [1.54, 1.807) is 7.11 Å². The summed E-state index contributed by atoms with van der Waals surface area (Å²) in [6, 6.07) is 1.92. The van der Waals surface area contributed by atoms with E-state index in [0.29, 0.717) is 23.2 Å². The van der Waals surface area contributed by atoms with E-state index in [1.165, 1.54) is 5.56 Å². The maximum absolute atomic E-state index is 12.3. The third-order valence-corrected chi connectivity index (χ3v) is 4.57. The molecule has 2 aliphatic carbocycles. The van der Waals surface area contributed by atoms with Gasteiger partial charge in [-0.15, -0.1) is 0 Å². The Morgan fingerprint density at radius 1 is 1.36 bits per heavy atom. The molecular formula is C16H19N3O3. The minimum Gasteiger partial charge on any atom is -0.371 e. The minimum absolute atomic E-state index is 0.145. The van der Waals surface area contributed by atoms with E-state index in [1.807, 2.05) is 6.07 Å². The molecule has 6 heteroatoms. The van der Waals surface area contributed by atoms with Gasteiger partial charge in [0.25, 0.3) is 11.4 Å². The molecule has 0 aromatic carbocycles. The lowest BCUT2D eigenvalue weighted by atomic mass is 9.95. The largest absolute Gasteiger partial charge is 0.371 e. The van der Waals surface area contributed by atoms with Crippen LogP contribution in [0.25, 0.3) is 11.4 Å². The van der Waals surface area contributed by atoms with Gasteiger partial charge in [-0.1, -0.05) is 5.16 Å². The van der Waals surface area contributed by atoms with E-state index in [9.17, 15) is 4.79 Å². The van der Waals surface area contributed by atoms with Crippen LogP contribution >= 0.6 is 0 Å². The molecule has 0 amide bonds. The van der Waals surface area contributed by atoms with Gasteiger partial charge in [-0.2, -0.15) is 4.98 Å². The van der Waals surface area contributed by atoms with Crippen molar-refractivity contribution in [3.05, 3.63) is 33.6 Å². The van der Waals surface area contributed by atoms with Crippen LogP contribution in [0.2, 0.25) is 0 Å². The number of ether oxygens (including phenoxy) is 1. The van der Waals surface area contributed by atoms with E-state index >= 15 is 0 Å². The number of aromatic amines is 1. The van der Waals surface area contributed by atoms with Gasteiger partial charge >= 0.3 is 0 Å². The molecule has 116 valence electrons. The second kappa shape index (κ2) is 5.35. The first-order chi connectivity index (χ1) is 10.8. The van der Waals surface area contributed by atoms with E-state index < -0.39 is 0 Å². The Hall–Kier alpha value is -1.95. The Morgan fingerprint density at radius 3 is 2.95 bits per heavy atom. The average Bonchev–Trinajstić information content (AvgIpc) is 3.25. The number of rotatable bonds is 4. The van der Waals surface area contributed by atoms with Crippen LogP contribution in [0, 0.1) is 5.92 Å². The number of nitrogens with one attached hydrogen (secondary N) is 1. The summed E-state index contributed by atoms with van der Waals surface area (Å²) in [5.41, 5.74) is 2.59. The Bertz CT molecular complexity index is 745. The van der Waals surface area contributed by atoms with Crippen molar-refractivity contribution in [1.29, 1.82) is 0 Å². The van der Waals surface area contributed by atoms with Crippen LogP contribution in [-0.2, 0) is 17.6 Å². The first kappa shape index (κ1) is 13.7. The van der Waals surface area contributed by atoms with Crippen LogP contribution in [0.5, 0.6) is 0 Å². The lowest BCUT2D eigenvalue weighted by Gasteiger charge is -2.15. The molecule has 2 aromatic rings. The summed E-state index contributed by atoms with van der Waals surface area (Å²) in [5, 5.41) is 3.99. The maximum atomic E-state index is 12.3. The normalized spacial score (nSPS) is 19.0. The number of nitrogens with zero attached hydrogens (tertiary/aromatic N) is 2. The molecule has 1 N–H and O–H groups in total. The monoisotopic (exact) mass is 301 g/mol. The fourth-order valence-corrected chi connectivity index (χ4v) is 3.20. The molecule has 1 saturated carbocycles. The van der Waals surface area contributed by atoms with Gasteiger partial charge in [0.2, 0.25) is 5.82 Å². The summed E-state index contributed by atoms with van der Waals surface area (Å²) >= 11 is 0. The molecule has 0 radical (unpaired) electrons. The van der Waals surface area contributed by atoms with E-state index in [2.05, 4.69) is 15.1 Å². The zero-order valence-electron chi connectivity index (χ0n) is 12.6. The van der Waals surface area contributed by atoms with Gasteiger partial charge < -0.3 is 14.2 Å². The highest BCUT2D eigenvalue weighted by Gasteiger charge is 2.36. The summed E-state index contributed by atoms with van der Waals surface area (Å²) in [5.74, 6) is 1.28. The summed E-state index contributed by atoms with van der Waals surface area (Å²) in [7, 11) is 1.65. The van der Waals surface area contributed by atoms with Gasteiger partial charge in [0, 0.05) is 12.8 Å². The van der Waals surface area contributed by atoms with E-state index in [4.69, 9.17) is 9.26 Å². The Labute approximate surface area is 127 Å². The molecule has 0 unspecified atom stereocenters. The van der Waals surface area contributed by atoms with E-state index in [-0.39, 0.29) is 11.7 Å². The van der Waals surface area contributed by atoms with Crippen LogP contribution in [0.4, 0.5) is 0 Å². The minimum atomic E-state index is -0.155. The zero-order chi connectivity index (χ0) is 15.1. The highest BCUT2D eigenvalue weighted by molar-refractivity contribution is 5.55. The Morgan fingerprint density at radius 2 is 2.18 bits per heavy atom. The quantitative estimate of drug-likeness (QED) is 0.937. The number of aryl methyl sites for hydroxylation is 2. The molecular weight excluding hydrogens is 282 g/mol. The molecule has 1 atom stereocenters. The van der Waals surface area contributed by atoms with Crippen molar-refractivity contribution in [2.45, 2.75) is 44.6 Å². The third kappa shape index (κ3) is 2.37. The lowest BCUT2D eigenvalue weighted by Crippen LogP contribution is -2.17. The molecule has 4 rings (SSSR count). The standard InChI is InChI=1S/C16H19N3O3/c1-21-13(9-6-7-9)16-18-14(19-22-16)11-8-10-4-2-3-5-12(10)17-15(11)20/h8-9,13H,2-7H2,1H3,(H,17,20)/t13-/m0/s1. The van der Waals surface area contributed by atoms with Crippen LogP contribution in [0.15, 0.2) is 15.4 Å². The van der Waals surface area contributed by atoms with Crippen molar-refractivity contribution < 1.29 is 9.26 Å². The smallest absolute Gasteiger partial charge is 0.259 e. The lowest BCUT2D eigenvalue weighted by molar-refractivity contribution is 0.0561. The SMILES string of the molecule is CO[C@H](c1nc(-c2cc3c([nH]c2=O)CCCC3)no1)C1CC1. The summed E-state index contributed by atoms with van der Waals surface area (Å²) in [4.78, 5) is 19.7. The second-order valence-electron chi connectivity index (χ2n) is 6.17. The number of methoxy groups -OCH3 is 1. The molecule has 0 aliphatic heterocycles. The molecule has 6 nitrogen and oxygen atoms in total. The maximum Gasteiger partial charge on any atom is 0.259 e. The van der Waals surface area contributed by atoms with Gasteiger partial charge in [-0.3, -0.25) is 4.79 Å². The number of hydrogen-bond acceptors (Lipinski definition) is 5. The predicted octanol–water partition coefficient (Wildman–Crippen LogP) is 2.40. The van der Waals surface area contributed by atoms with Crippen LogP contribution in [0.1, 0.15) is 48.9 Å². The van der Waals surface area contributed by atoms with Crippen molar-refractivity contribution >= 4 is 0 Å². The second-order valence-corrected chi connectivity index (χ2v) is 6.17. The zero-order valence-corrected chi connectivity index (χ0v) is 12.6.